The summed E-state index contributed by atoms with van der Waals surface area (Å²) in [5.41, 5.74) is 4.91. The van der Waals surface area contributed by atoms with E-state index in [0.29, 0.717) is 37.2 Å². The number of carbonyl (C=O) groups excluding carboxylic acids is 1. The summed E-state index contributed by atoms with van der Waals surface area (Å²) < 4.78 is 0. The van der Waals surface area contributed by atoms with Crippen molar-refractivity contribution in [2.24, 2.45) is 5.16 Å². The molecule has 5 heteroatoms. The van der Waals surface area contributed by atoms with Crippen LogP contribution >= 0.6 is 0 Å². The summed E-state index contributed by atoms with van der Waals surface area (Å²) in [5, 5.41) is 14.5. The van der Waals surface area contributed by atoms with Crippen LogP contribution in [0.3, 0.4) is 0 Å². The third-order valence-electron chi connectivity index (χ3n) is 4.96. The number of aryl methyl sites for hydroxylation is 2. The van der Waals surface area contributed by atoms with Gasteiger partial charge in [-0.2, -0.15) is 0 Å². The van der Waals surface area contributed by atoms with Gasteiger partial charge in [0.2, 0.25) is 0 Å². The number of aliphatic hydroxyl groups is 1. The van der Waals surface area contributed by atoms with Gasteiger partial charge in [0.25, 0.3) is 0 Å². The zero-order valence-electron chi connectivity index (χ0n) is 14.5. The Morgan fingerprint density at radius 1 is 1.24 bits per heavy atom. The molecule has 0 aliphatic heterocycles. The molecule has 2 aliphatic rings. The van der Waals surface area contributed by atoms with Crippen LogP contribution in [0.15, 0.2) is 34.7 Å². The van der Waals surface area contributed by atoms with E-state index in [9.17, 15) is 9.90 Å². The van der Waals surface area contributed by atoms with Crippen molar-refractivity contribution >= 4 is 41.1 Å². The molecule has 4 nitrogen and oxygen atoms in total. The molecule has 0 spiro atoms. The molecule has 0 bridgehead atoms. The van der Waals surface area contributed by atoms with Crippen molar-refractivity contribution in [1.29, 1.82) is 0 Å². The van der Waals surface area contributed by atoms with Crippen molar-refractivity contribution in [2.45, 2.75) is 58.3 Å². The third kappa shape index (κ3) is 4.36. The minimum atomic E-state index is -0.0375. The van der Waals surface area contributed by atoms with Gasteiger partial charge in [0, 0.05) is 12.8 Å². The average molecular weight is 351 g/mol. The van der Waals surface area contributed by atoms with E-state index in [2.05, 4.69) is 23.4 Å². The van der Waals surface area contributed by atoms with Crippen LogP contribution in [0, 0.1) is 0 Å². The molecular formula is C20H26NNaO3. The molecule has 1 unspecified atom stereocenters. The van der Waals surface area contributed by atoms with Gasteiger partial charge in [0.1, 0.15) is 12.4 Å². The van der Waals surface area contributed by atoms with Gasteiger partial charge in [0.15, 0.2) is 5.78 Å². The number of rotatable bonds is 5. The van der Waals surface area contributed by atoms with Gasteiger partial charge < -0.3 is 9.94 Å². The summed E-state index contributed by atoms with van der Waals surface area (Å²) in [5.74, 6) is 0.166. The average Bonchev–Trinajstić information content (AvgIpc) is 3.04. The number of oxime groups is 1. The molecule has 1 aromatic rings. The van der Waals surface area contributed by atoms with Crippen molar-refractivity contribution < 1.29 is 14.7 Å². The second-order valence-electron chi connectivity index (χ2n) is 6.54. The van der Waals surface area contributed by atoms with Crippen LogP contribution in [0.25, 0.3) is 0 Å². The molecular weight excluding hydrogens is 325 g/mol. The fourth-order valence-electron chi connectivity index (χ4n) is 3.73. The zero-order chi connectivity index (χ0) is 17.1. The number of allylic oxidation sites excluding steroid dienone is 2. The molecule has 0 fully saturated rings. The van der Waals surface area contributed by atoms with E-state index in [1.54, 1.807) is 0 Å². The molecule has 2 aliphatic carbocycles. The minimum absolute atomic E-state index is 0. The monoisotopic (exact) mass is 351 g/mol. The predicted octanol–water partition coefficient (Wildman–Crippen LogP) is 3.59. The van der Waals surface area contributed by atoms with Crippen molar-refractivity contribution in [3.63, 3.8) is 0 Å². The number of hydrogen-bond acceptors (Lipinski definition) is 4. The van der Waals surface area contributed by atoms with E-state index in [1.165, 1.54) is 17.5 Å². The van der Waals surface area contributed by atoms with Gasteiger partial charge in [0.05, 0.1) is 11.3 Å². The van der Waals surface area contributed by atoms with Crippen molar-refractivity contribution in [2.75, 3.05) is 6.61 Å². The van der Waals surface area contributed by atoms with E-state index in [4.69, 9.17) is 4.84 Å². The molecule has 0 saturated heterocycles. The molecule has 0 saturated carbocycles. The molecule has 0 heterocycles. The predicted molar refractivity (Wildman–Crippen MR) is 102 cm³/mol. The normalized spacial score (nSPS) is 20.3. The van der Waals surface area contributed by atoms with Gasteiger partial charge in [-0.1, -0.05) is 30.3 Å². The molecule has 3 rings (SSSR count). The molecule has 0 amide bonds. The maximum absolute atomic E-state index is 12.6. The van der Waals surface area contributed by atoms with Crippen LogP contribution in [0.5, 0.6) is 0 Å². The van der Waals surface area contributed by atoms with Crippen molar-refractivity contribution in [3.05, 3.63) is 46.2 Å². The Labute approximate surface area is 171 Å². The van der Waals surface area contributed by atoms with Gasteiger partial charge in [-0.15, -0.1) is 0 Å². The van der Waals surface area contributed by atoms with E-state index < -0.39 is 0 Å². The number of aliphatic hydroxyl groups excluding tert-OH is 1. The van der Waals surface area contributed by atoms with Crippen LogP contribution in [-0.2, 0) is 22.5 Å². The SMILES string of the molecule is CCON=C(CC)C1=C(O)CC(c2ccc3c(c2)CCC3)CC1=O.[NaH]. The molecule has 1 aromatic carbocycles. The topological polar surface area (TPSA) is 58.9 Å². The number of benzene rings is 1. The third-order valence-corrected chi connectivity index (χ3v) is 4.96. The van der Waals surface area contributed by atoms with Crippen LogP contribution in [0.4, 0.5) is 0 Å². The number of ketones is 1. The fourth-order valence-corrected chi connectivity index (χ4v) is 3.73. The van der Waals surface area contributed by atoms with Crippen LogP contribution in [-0.4, -0.2) is 52.8 Å². The van der Waals surface area contributed by atoms with Gasteiger partial charge in [-0.25, -0.2) is 0 Å². The summed E-state index contributed by atoms with van der Waals surface area (Å²) in [6, 6.07) is 6.54. The first kappa shape index (κ1) is 20.2. The number of carbonyl (C=O) groups is 1. The molecule has 1 N–H and O–H groups in total. The molecule has 0 radical (unpaired) electrons. The van der Waals surface area contributed by atoms with E-state index in [-0.39, 0.29) is 47.0 Å². The first-order chi connectivity index (χ1) is 11.6. The maximum atomic E-state index is 12.6. The van der Waals surface area contributed by atoms with Crippen LogP contribution < -0.4 is 0 Å². The molecule has 25 heavy (non-hydrogen) atoms. The quantitative estimate of drug-likeness (QED) is 0.501. The zero-order valence-corrected chi connectivity index (χ0v) is 14.5. The summed E-state index contributed by atoms with van der Waals surface area (Å²) in [7, 11) is 0. The fraction of sp³-hybridized carbons (Fsp3) is 0.500. The Morgan fingerprint density at radius 3 is 2.68 bits per heavy atom. The summed E-state index contributed by atoms with van der Waals surface area (Å²) >= 11 is 0. The van der Waals surface area contributed by atoms with E-state index in [0.717, 1.165) is 18.4 Å². The summed E-state index contributed by atoms with van der Waals surface area (Å²) in [4.78, 5) is 17.7. The van der Waals surface area contributed by atoms with Crippen LogP contribution in [0.1, 0.15) is 62.1 Å². The Hall–Kier alpha value is -1.10. The Bertz CT molecular complexity index is 709. The van der Waals surface area contributed by atoms with Gasteiger partial charge >= 0.3 is 29.6 Å². The number of fused-ring (bicyclic) bond motifs is 1. The Balaban J connectivity index is 0.00000225. The Morgan fingerprint density at radius 2 is 2.00 bits per heavy atom. The van der Waals surface area contributed by atoms with Crippen molar-refractivity contribution in [3.8, 4) is 0 Å². The summed E-state index contributed by atoms with van der Waals surface area (Å²) in [6.45, 7) is 4.21. The molecule has 0 aromatic heterocycles. The van der Waals surface area contributed by atoms with Gasteiger partial charge in [-0.05, 0) is 55.2 Å². The molecule has 1 atom stereocenters. The Kier molecular flexibility index (Phi) is 7.29. The van der Waals surface area contributed by atoms with Crippen LogP contribution in [0.2, 0.25) is 0 Å². The van der Waals surface area contributed by atoms with Gasteiger partial charge in [-0.3, -0.25) is 4.79 Å². The van der Waals surface area contributed by atoms with E-state index >= 15 is 0 Å². The second-order valence-corrected chi connectivity index (χ2v) is 6.54. The van der Waals surface area contributed by atoms with E-state index in [1.807, 2.05) is 13.8 Å². The number of Topliss-reactive ketones (excluding diaryl/α,β-unsaturated/α-hetero) is 1. The number of nitrogens with zero attached hydrogens (tertiary/aromatic N) is 1. The molecule has 130 valence electrons. The first-order valence-corrected chi connectivity index (χ1v) is 8.90. The van der Waals surface area contributed by atoms with Crippen molar-refractivity contribution in [1.82, 2.24) is 0 Å². The number of hydrogen-bond donors (Lipinski definition) is 1. The standard InChI is InChI=1S/C20H25NO3.Na.H/c1-3-17(21-24-4-2)20-18(22)11-16(12-19(20)23)15-9-8-13-6-5-7-14(13)10-15;;/h8-10,16,22H,3-7,11-12H2,1-2H3;;. The summed E-state index contributed by atoms with van der Waals surface area (Å²) in [6.07, 6.45) is 4.97. The second kappa shape index (κ2) is 9.02. The first-order valence-electron chi connectivity index (χ1n) is 8.90.